The molecule has 0 spiro atoms. The van der Waals surface area contributed by atoms with Crippen LogP contribution in [-0.4, -0.2) is 25.4 Å². The van der Waals surface area contributed by atoms with E-state index >= 15 is 0 Å². The Labute approximate surface area is 100 Å². The molecule has 3 nitrogen and oxygen atoms in total. The predicted octanol–water partition coefficient (Wildman–Crippen LogP) is 2.08. The van der Waals surface area contributed by atoms with E-state index < -0.39 is 11.4 Å². The van der Waals surface area contributed by atoms with Gasteiger partial charge in [-0.1, -0.05) is 0 Å². The van der Waals surface area contributed by atoms with E-state index in [0.717, 1.165) is 6.42 Å². The number of hydrogen-bond acceptors (Lipinski definition) is 3. The summed E-state index contributed by atoms with van der Waals surface area (Å²) in [7, 11) is 1.48. The molecule has 0 aromatic heterocycles. The van der Waals surface area contributed by atoms with Gasteiger partial charge < -0.3 is 14.6 Å². The summed E-state index contributed by atoms with van der Waals surface area (Å²) in [6.07, 6.45) is 0.748. The second-order valence-electron chi connectivity index (χ2n) is 4.55. The van der Waals surface area contributed by atoms with Crippen molar-refractivity contribution in [3.05, 3.63) is 29.6 Å². The van der Waals surface area contributed by atoms with Crippen LogP contribution in [0.2, 0.25) is 0 Å². The van der Waals surface area contributed by atoms with Crippen LogP contribution in [0.1, 0.15) is 18.9 Å². The van der Waals surface area contributed by atoms with Crippen LogP contribution >= 0.6 is 0 Å². The second-order valence-corrected chi connectivity index (χ2v) is 4.55. The summed E-state index contributed by atoms with van der Waals surface area (Å²) in [4.78, 5) is 0. The van der Waals surface area contributed by atoms with Crippen molar-refractivity contribution < 1.29 is 19.0 Å². The Morgan fingerprint density at radius 1 is 1.53 bits per heavy atom. The van der Waals surface area contributed by atoms with E-state index in [1.54, 1.807) is 19.1 Å². The summed E-state index contributed by atoms with van der Waals surface area (Å²) < 4.78 is 24.1. The molecule has 0 bridgehead atoms. The molecule has 1 heterocycles. The molecular weight excluding hydrogens is 223 g/mol. The first-order valence-electron chi connectivity index (χ1n) is 5.70. The van der Waals surface area contributed by atoms with Crippen LogP contribution in [0.15, 0.2) is 18.2 Å². The van der Waals surface area contributed by atoms with Crippen LogP contribution in [0.25, 0.3) is 0 Å². The number of hydrogen-bond donors (Lipinski definition) is 1. The zero-order chi connectivity index (χ0) is 12.5. The molecule has 0 aliphatic carbocycles. The second kappa shape index (κ2) is 4.63. The van der Waals surface area contributed by atoms with Gasteiger partial charge in [-0.25, -0.2) is 4.39 Å². The van der Waals surface area contributed by atoms with Gasteiger partial charge in [0.05, 0.1) is 19.3 Å². The Morgan fingerprint density at radius 2 is 2.29 bits per heavy atom. The van der Waals surface area contributed by atoms with E-state index in [4.69, 9.17) is 9.47 Å². The highest BCUT2D eigenvalue weighted by molar-refractivity contribution is 5.32. The summed E-state index contributed by atoms with van der Waals surface area (Å²) in [5, 5.41) is 10.5. The lowest BCUT2D eigenvalue weighted by molar-refractivity contribution is -0.0126. The minimum Gasteiger partial charge on any atom is -0.497 e. The highest BCUT2D eigenvalue weighted by Gasteiger charge is 2.38. The summed E-state index contributed by atoms with van der Waals surface area (Å²) in [5.74, 6) is -0.0589. The van der Waals surface area contributed by atoms with Crippen LogP contribution < -0.4 is 4.74 Å². The molecule has 0 saturated carbocycles. The molecule has 17 heavy (non-hydrogen) atoms. The summed E-state index contributed by atoms with van der Waals surface area (Å²) in [6, 6.07) is 4.52. The third kappa shape index (κ3) is 2.28. The molecule has 1 saturated heterocycles. The van der Waals surface area contributed by atoms with Crippen LogP contribution in [0.3, 0.4) is 0 Å². The number of methoxy groups -OCH3 is 1. The largest absolute Gasteiger partial charge is 0.497 e. The van der Waals surface area contributed by atoms with Crippen molar-refractivity contribution in [2.45, 2.75) is 18.9 Å². The number of benzene rings is 1. The maximum Gasteiger partial charge on any atom is 0.132 e. The lowest BCUT2D eigenvalue weighted by Gasteiger charge is -2.30. The lowest BCUT2D eigenvalue weighted by atomic mass is 9.82. The molecule has 94 valence electrons. The number of ether oxygens (including phenoxy) is 2. The highest BCUT2D eigenvalue weighted by Crippen LogP contribution is 2.36. The monoisotopic (exact) mass is 240 g/mol. The molecule has 2 rings (SSSR count). The molecule has 1 aliphatic rings. The van der Waals surface area contributed by atoms with Gasteiger partial charge in [0.25, 0.3) is 0 Å². The van der Waals surface area contributed by atoms with Gasteiger partial charge in [0.1, 0.15) is 11.6 Å². The minimum atomic E-state index is -1.20. The van der Waals surface area contributed by atoms with Gasteiger partial charge in [0.15, 0.2) is 0 Å². The van der Waals surface area contributed by atoms with E-state index in [9.17, 15) is 9.50 Å². The van der Waals surface area contributed by atoms with Gasteiger partial charge in [-0.05, 0) is 25.5 Å². The molecule has 1 aromatic rings. The Kier molecular flexibility index (Phi) is 3.35. The zero-order valence-electron chi connectivity index (χ0n) is 10.1. The summed E-state index contributed by atoms with van der Waals surface area (Å²) in [6.45, 7) is 2.73. The quantitative estimate of drug-likeness (QED) is 0.879. The van der Waals surface area contributed by atoms with E-state index in [1.807, 2.05) is 0 Å². The van der Waals surface area contributed by atoms with Crippen molar-refractivity contribution in [3.63, 3.8) is 0 Å². The highest BCUT2D eigenvalue weighted by atomic mass is 19.1. The van der Waals surface area contributed by atoms with Gasteiger partial charge in [-0.2, -0.15) is 0 Å². The Bertz CT molecular complexity index is 398. The van der Waals surface area contributed by atoms with Crippen molar-refractivity contribution in [1.29, 1.82) is 0 Å². The van der Waals surface area contributed by atoms with Crippen LogP contribution in [0, 0.1) is 11.7 Å². The van der Waals surface area contributed by atoms with E-state index in [-0.39, 0.29) is 5.92 Å². The normalized spacial score (nSPS) is 23.4. The third-order valence-corrected chi connectivity index (χ3v) is 3.45. The Morgan fingerprint density at radius 3 is 2.82 bits per heavy atom. The van der Waals surface area contributed by atoms with E-state index in [0.29, 0.717) is 24.5 Å². The van der Waals surface area contributed by atoms with Crippen molar-refractivity contribution in [1.82, 2.24) is 0 Å². The van der Waals surface area contributed by atoms with E-state index in [1.165, 1.54) is 13.2 Å². The Balaban J connectivity index is 2.31. The molecule has 2 unspecified atom stereocenters. The Hall–Kier alpha value is -1.13. The fourth-order valence-electron chi connectivity index (χ4n) is 2.23. The fraction of sp³-hybridized carbons (Fsp3) is 0.538. The van der Waals surface area contributed by atoms with Gasteiger partial charge >= 0.3 is 0 Å². The average molecular weight is 240 g/mol. The third-order valence-electron chi connectivity index (χ3n) is 3.45. The van der Waals surface area contributed by atoms with Crippen molar-refractivity contribution in [3.8, 4) is 5.75 Å². The standard InChI is InChI=1S/C13H17FO3/c1-13(15,9-5-6-17-8-9)11-4-3-10(16-2)7-12(11)14/h3-4,7,9,15H,5-6,8H2,1-2H3. The molecule has 0 amide bonds. The zero-order valence-corrected chi connectivity index (χ0v) is 10.1. The van der Waals surface area contributed by atoms with Gasteiger partial charge in [0, 0.05) is 24.2 Å². The molecule has 1 aliphatic heterocycles. The molecule has 2 atom stereocenters. The first-order valence-corrected chi connectivity index (χ1v) is 5.70. The van der Waals surface area contributed by atoms with Crippen molar-refractivity contribution in [2.75, 3.05) is 20.3 Å². The van der Waals surface area contributed by atoms with Crippen LogP contribution in [-0.2, 0) is 10.3 Å². The molecule has 1 aromatic carbocycles. The number of aliphatic hydroxyl groups is 1. The number of rotatable bonds is 3. The van der Waals surface area contributed by atoms with Crippen molar-refractivity contribution >= 4 is 0 Å². The maximum atomic E-state index is 13.9. The van der Waals surface area contributed by atoms with Crippen LogP contribution in [0.4, 0.5) is 4.39 Å². The average Bonchev–Trinajstić information content (AvgIpc) is 2.82. The van der Waals surface area contributed by atoms with Gasteiger partial charge in [-0.15, -0.1) is 0 Å². The molecule has 4 heteroatoms. The summed E-state index contributed by atoms with van der Waals surface area (Å²) >= 11 is 0. The maximum absolute atomic E-state index is 13.9. The fourth-order valence-corrected chi connectivity index (χ4v) is 2.23. The molecule has 0 radical (unpaired) electrons. The lowest BCUT2D eigenvalue weighted by Crippen LogP contribution is -2.33. The number of halogens is 1. The smallest absolute Gasteiger partial charge is 0.132 e. The first kappa shape index (κ1) is 12.3. The van der Waals surface area contributed by atoms with E-state index in [2.05, 4.69) is 0 Å². The van der Waals surface area contributed by atoms with Crippen molar-refractivity contribution in [2.24, 2.45) is 5.92 Å². The minimum absolute atomic E-state index is 0.0644. The predicted molar refractivity (Wildman–Crippen MR) is 61.4 cm³/mol. The first-order chi connectivity index (χ1) is 8.05. The molecule has 1 fully saturated rings. The van der Waals surface area contributed by atoms with Crippen LogP contribution in [0.5, 0.6) is 5.75 Å². The topological polar surface area (TPSA) is 38.7 Å². The summed E-state index contributed by atoms with van der Waals surface area (Å²) in [5.41, 5.74) is -0.902. The molecule has 1 N–H and O–H groups in total. The molecular formula is C13H17FO3. The van der Waals surface area contributed by atoms with Gasteiger partial charge in [-0.3, -0.25) is 0 Å². The van der Waals surface area contributed by atoms with Gasteiger partial charge in [0.2, 0.25) is 0 Å². The SMILES string of the molecule is COc1ccc(C(C)(O)C2CCOC2)c(F)c1.